The van der Waals surface area contributed by atoms with Crippen LogP contribution in [0.3, 0.4) is 0 Å². The van der Waals surface area contributed by atoms with E-state index in [1.807, 2.05) is 13.0 Å². The lowest BCUT2D eigenvalue weighted by molar-refractivity contribution is 0.310. The Morgan fingerprint density at radius 1 is 1.56 bits per heavy atom. The van der Waals surface area contributed by atoms with Gasteiger partial charge in [-0.25, -0.2) is 13.4 Å². The molecule has 1 aromatic rings. The number of hydrogen-bond acceptors (Lipinski definition) is 5. The van der Waals surface area contributed by atoms with E-state index in [0.29, 0.717) is 19.6 Å². The maximum absolute atomic E-state index is 12.3. The topological polar surface area (TPSA) is 86.1 Å². The van der Waals surface area contributed by atoms with Gasteiger partial charge in [0.2, 0.25) is 10.0 Å². The summed E-state index contributed by atoms with van der Waals surface area (Å²) in [6, 6.07) is 4.84. The van der Waals surface area contributed by atoms with Gasteiger partial charge in [0.05, 0.1) is 0 Å². The van der Waals surface area contributed by atoms with Crippen molar-refractivity contribution >= 4 is 10.0 Å². The standard InChI is InChI=1S/C11H14N4O2S/c1-9-8-15(5-4-13-9)18(16,17)11-3-2-10(6-12)14-7-11/h2-3,7,9,13H,4-5,8H2,1H3/t9-/m0/s1. The number of nitrogens with one attached hydrogen (secondary N) is 1. The number of aromatic nitrogens is 1. The van der Waals surface area contributed by atoms with Crippen LogP contribution in [0, 0.1) is 11.3 Å². The third-order valence-electron chi connectivity index (χ3n) is 2.82. The Labute approximate surface area is 106 Å². The van der Waals surface area contributed by atoms with Crippen molar-refractivity contribution in [1.29, 1.82) is 5.26 Å². The van der Waals surface area contributed by atoms with Crippen LogP contribution in [-0.4, -0.2) is 43.4 Å². The summed E-state index contributed by atoms with van der Waals surface area (Å²) in [7, 11) is -3.50. The molecule has 1 aliphatic rings. The van der Waals surface area contributed by atoms with Crippen LogP contribution in [0.15, 0.2) is 23.2 Å². The second-order valence-electron chi connectivity index (χ2n) is 4.21. The van der Waals surface area contributed by atoms with Crippen molar-refractivity contribution in [3.05, 3.63) is 24.0 Å². The molecule has 0 aliphatic carbocycles. The van der Waals surface area contributed by atoms with Crippen molar-refractivity contribution in [3.63, 3.8) is 0 Å². The number of sulfonamides is 1. The molecule has 1 saturated heterocycles. The van der Waals surface area contributed by atoms with E-state index in [0.717, 1.165) is 0 Å². The average Bonchev–Trinajstić information content (AvgIpc) is 2.39. The molecule has 1 N–H and O–H groups in total. The lowest BCUT2D eigenvalue weighted by Crippen LogP contribution is -2.51. The monoisotopic (exact) mass is 266 g/mol. The molecule has 2 heterocycles. The number of nitriles is 1. The lowest BCUT2D eigenvalue weighted by atomic mass is 10.3. The van der Waals surface area contributed by atoms with Crippen LogP contribution in [0.1, 0.15) is 12.6 Å². The fourth-order valence-corrected chi connectivity index (χ4v) is 3.34. The van der Waals surface area contributed by atoms with Gasteiger partial charge in [0.1, 0.15) is 16.7 Å². The van der Waals surface area contributed by atoms with E-state index in [1.54, 1.807) is 0 Å². The molecule has 0 saturated carbocycles. The highest BCUT2D eigenvalue weighted by Gasteiger charge is 2.28. The van der Waals surface area contributed by atoms with Gasteiger partial charge in [-0.1, -0.05) is 0 Å². The minimum atomic E-state index is -3.50. The molecule has 6 nitrogen and oxygen atoms in total. The van der Waals surface area contributed by atoms with Gasteiger partial charge < -0.3 is 5.32 Å². The van der Waals surface area contributed by atoms with Crippen molar-refractivity contribution in [3.8, 4) is 6.07 Å². The van der Waals surface area contributed by atoms with Gasteiger partial charge >= 0.3 is 0 Å². The van der Waals surface area contributed by atoms with E-state index in [1.165, 1.54) is 22.6 Å². The Kier molecular flexibility index (Phi) is 3.61. The zero-order chi connectivity index (χ0) is 13.2. The summed E-state index contributed by atoms with van der Waals surface area (Å²) in [4.78, 5) is 3.93. The van der Waals surface area contributed by atoms with E-state index in [-0.39, 0.29) is 16.6 Å². The Morgan fingerprint density at radius 2 is 2.33 bits per heavy atom. The molecule has 2 rings (SSSR count). The zero-order valence-corrected chi connectivity index (χ0v) is 10.8. The Bertz CT molecular complexity index is 562. The molecular weight excluding hydrogens is 252 g/mol. The van der Waals surface area contributed by atoms with E-state index >= 15 is 0 Å². The lowest BCUT2D eigenvalue weighted by Gasteiger charge is -2.30. The molecule has 7 heteroatoms. The van der Waals surface area contributed by atoms with Crippen molar-refractivity contribution in [2.45, 2.75) is 17.9 Å². The van der Waals surface area contributed by atoms with Crippen LogP contribution in [0.25, 0.3) is 0 Å². The van der Waals surface area contributed by atoms with Crippen LogP contribution in [0.4, 0.5) is 0 Å². The van der Waals surface area contributed by atoms with Gasteiger partial charge in [-0.15, -0.1) is 0 Å². The first-order chi connectivity index (χ1) is 8.54. The van der Waals surface area contributed by atoms with E-state index in [4.69, 9.17) is 5.26 Å². The Morgan fingerprint density at radius 3 is 2.89 bits per heavy atom. The molecule has 0 spiro atoms. The molecule has 0 bridgehead atoms. The predicted molar refractivity (Wildman–Crippen MR) is 65.2 cm³/mol. The van der Waals surface area contributed by atoms with Crippen LogP contribution < -0.4 is 5.32 Å². The zero-order valence-electron chi connectivity index (χ0n) is 10.00. The molecule has 1 aliphatic heterocycles. The minimum absolute atomic E-state index is 0.135. The van der Waals surface area contributed by atoms with Gasteiger partial charge in [0.25, 0.3) is 0 Å². The van der Waals surface area contributed by atoms with E-state index < -0.39 is 10.0 Å². The molecule has 18 heavy (non-hydrogen) atoms. The first kappa shape index (κ1) is 13.0. The maximum Gasteiger partial charge on any atom is 0.244 e. The Hall–Kier alpha value is -1.49. The third kappa shape index (κ3) is 2.51. The molecule has 0 aromatic carbocycles. The fourth-order valence-electron chi connectivity index (χ4n) is 1.86. The number of pyridine rings is 1. The number of piperazine rings is 1. The molecule has 1 fully saturated rings. The smallest absolute Gasteiger partial charge is 0.244 e. The molecule has 1 aromatic heterocycles. The second-order valence-corrected chi connectivity index (χ2v) is 6.15. The molecule has 96 valence electrons. The highest BCUT2D eigenvalue weighted by atomic mass is 32.2. The number of hydrogen-bond donors (Lipinski definition) is 1. The Balaban J connectivity index is 2.27. The van der Waals surface area contributed by atoms with Gasteiger partial charge in [-0.3, -0.25) is 0 Å². The van der Waals surface area contributed by atoms with Crippen molar-refractivity contribution in [2.24, 2.45) is 0 Å². The first-order valence-electron chi connectivity index (χ1n) is 5.64. The van der Waals surface area contributed by atoms with Crippen molar-refractivity contribution in [1.82, 2.24) is 14.6 Å². The predicted octanol–water partition coefficient (Wildman–Crippen LogP) is -0.0643. The SMILES string of the molecule is C[C@H]1CN(S(=O)(=O)c2ccc(C#N)nc2)CCN1. The summed E-state index contributed by atoms with van der Waals surface area (Å²) in [5.74, 6) is 0. The maximum atomic E-state index is 12.3. The molecule has 0 amide bonds. The number of nitrogens with zero attached hydrogens (tertiary/aromatic N) is 3. The van der Waals surface area contributed by atoms with Crippen LogP contribution in [-0.2, 0) is 10.0 Å². The molecule has 0 unspecified atom stereocenters. The summed E-state index contributed by atoms with van der Waals surface area (Å²) >= 11 is 0. The fraction of sp³-hybridized carbons (Fsp3) is 0.455. The largest absolute Gasteiger partial charge is 0.312 e. The highest BCUT2D eigenvalue weighted by Crippen LogP contribution is 2.16. The van der Waals surface area contributed by atoms with Gasteiger partial charge in [-0.05, 0) is 19.1 Å². The molecular formula is C11H14N4O2S. The summed E-state index contributed by atoms with van der Waals surface area (Å²) in [6.45, 7) is 3.48. The van der Waals surface area contributed by atoms with Gasteiger partial charge in [0, 0.05) is 31.9 Å². The average molecular weight is 266 g/mol. The summed E-state index contributed by atoms with van der Waals surface area (Å²) in [6.07, 6.45) is 1.24. The third-order valence-corrected chi connectivity index (χ3v) is 4.67. The first-order valence-corrected chi connectivity index (χ1v) is 7.08. The van der Waals surface area contributed by atoms with Crippen LogP contribution >= 0.6 is 0 Å². The normalized spacial score (nSPS) is 21.4. The summed E-state index contributed by atoms with van der Waals surface area (Å²) in [5, 5.41) is 11.8. The summed E-state index contributed by atoms with van der Waals surface area (Å²) in [5.41, 5.74) is 0.211. The number of rotatable bonds is 2. The highest BCUT2D eigenvalue weighted by molar-refractivity contribution is 7.89. The molecule has 1 atom stereocenters. The molecule has 0 radical (unpaired) electrons. The van der Waals surface area contributed by atoms with Gasteiger partial charge in [-0.2, -0.15) is 9.57 Å². The van der Waals surface area contributed by atoms with Crippen LogP contribution in [0.5, 0.6) is 0 Å². The summed E-state index contributed by atoms with van der Waals surface area (Å²) < 4.78 is 26.1. The minimum Gasteiger partial charge on any atom is -0.312 e. The second kappa shape index (κ2) is 5.02. The van der Waals surface area contributed by atoms with Crippen LogP contribution in [0.2, 0.25) is 0 Å². The van der Waals surface area contributed by atoms with Gasteiger partial charge in [0.15, 0.2) is 0 Å². The van der Waals surface area contributed by atoms with E-state index in [2.05, 4.69) is 10.3 Å². The van der Waals surface area contributed by atoms with Crippen molar-refractivity contribution < 1.29 is 8.42 Å². The van der Waals surface area contributed by atoms with E-state index in [9.17, 15) is 8.42 Å². The van der Waals surface area contributed by atoms with Crippen molar-refractivity contribution in [2.75, 3.05) is 19.6 Å². The quantitative estimate of drug-likeness (QED) is 0.810.